The molecular formula is C19H25F2N7. The van der Waals surface area contributed by atoms with Crippen LogP contribution in [0, 0.1) is 0 Å². The molecule has 2 fully saturated rings. The molecule has 1 saturated heterocycles. The third-order valence-corrected chi connectivity index (χ3v) is 5.09. The van der Waals surface area contributed by atoms with Crippen molar-refractivity contribution in [3.05, 3.63) is 29.8 Å². The Bertz CT molecular complexity index is 805. The Morgan fingerprint density at radius 2 is 2.00 bits per heavy atom. The van der Waals surface area contributed by atoms with E-state index in [1.54, 1.807) is 6.20 Å². The molecule has 1 saturated carbocycles. The van der Waals surface area contributed by atoms with Gasteiger partial charge >= 0.3 is 0 Å². The van der Waals surface area contributed by atoms with Crippen LogP contribution in [-0.4, -0.2) is 53.2 Å². The minimum atomic E-state index is -2.58. The standard InChI is InChI=1S/C19H25F2N7/c1-27(2)15-7-8-22-19(26-15)23-13-4-3-9-28(11-13)16-10-14(17(20)21)24-18(25-16)12-5-6-12/h7-8,10,12-13,17H,3-6,9,11H2,1-2H3,(H,22,23,26). The Hall–Kier alpha value is -2.58. The Morgan fingerprint density at radius 3 is 2.71 bits per heavy atom. The van der Waals surface area contributed by atoms with Crippen LogP contribution in [0.2, 0.25) is 0 Å². The molecule has 2 aromatic heterocycles. The summed E-state index contributed by atoms with van der Waals surface area (Å²) >= 11 is 0. The maximum atomic E-state index is 13.3. The third-order valence-electron chi connectivity index (χ3n) is 5.09. The topological polar surface area (TPSA) is 70.1 Å². The Labute approximate surface area is 163 Å². The maximum absolute atomic E-state index is 13.3. The smallest absolute Gasteiger partial charge is 0.280 e. The number of nitrogens with one attached hydrogen (secondary N) is 1. The van der Waals surface area contributed by atoms with Crippen LogP contribution < -0.4 is 15.1 Å². The highest BCUT2D eigenvalue weighted by Gasteiger charge is 2.30. The lowest BCUT2D eigenvalue weighted by Gasteiger charge is -2.34. The van der Waals surface area contributed by atoms with Crippen LogP contribution in [0.1, 0.15) is 49.5 Å². The summed E-state index contributed by atoms with van der Waals surface area (Å²) in [5.41, 5.74) is -0.177. The van der Waals surface area contributed by atoms with Gasteiger partial charge in [-0.2, -0.15) is 4.98 Å². The summed E-state index contributed by atoms with van der Waals surface area (Å²) in [7, 11) is 3.86. The largest absolute Gasteiger partial charge is 0.363 e. The van der Waals surface area contributed by atoms with E-state index in [0.717, 1.165) is 38.0 Å². The quantitative estimate of drug-likeness (QED) is 0.813. The van der Waals surface area contributed by atoms with Crippen molar-refractivity contribution < 1.29 is 8.78 Å². The third kappa shape index (κ3) is 4.28. The predicted molar refractivity (Wildman–Crippen MR) is 104 cm³/mol. The Kier molecular flexibility index (Phi) is 5.23. The SMILES string of the molecule is CN(C)c1ccnc(NC2CCCN(c3cc(C(F)F)nc(C4CC4)n3)C2)n1. The van der Waals surface area contributed by atoms with Gasteiger partial charge in [0.1, 0.15) is 23.2 Å². The van der Waals surface area contributed by atoms with Crippen molar-refractivity contribution >= 4 is 17.6 Å². The molecule has 0 spiro atoms. The zero-order valence-electron chi connectivity index (χ0n) is 16.1. The molecule has 2 aliphatic rings. The summed E-state index contributed by atoms with van der Waals surface area (Å²) in [6.07, 6.45) is 3.02. The van der Waals surface area contributed by atoms with E-state index >= 15 is 0 Å². The van der Waals surface area contributed by atoms with Crippen molar-refractivity contribution in [1.29, 1.82) is 0 Å². The zero-order chi connectivity index (χ0) is 19.7. The molecule has 0 bridgehead atoms. The molecule has 3 heterocycles. The first-order valence-corrected chi connectivity index (χ1v) is 9.68. The molecule has 4 rings (SSSR count). The van der Waals surface area contributed by atoms with Gasteiger partial charge in [-0.1, -0.05) is 0 Å². The molecule has 1 aliphatic heterocycles. The average Bonchev–Trinajstić information content (AvgIpc) is 3.53. The highest BCUT2D eigenvalue weighted by atomic mass is 19.3. The highest BCUT2D eigenvalue weighted by Crippen LogP contribution is 2.39. The molecule has 1 aliphatic carbocycles. The molecule has 28 heavy (non-hydrogen) atoms. The molecule has 150 valence electrons. The van der Waals surface area contributed by atoms with Gasteiger partial charge in [0.15, 0.2) is 0 Å². The molecule has 1 N–H and O–H groups in total. The van der Waals surface area contributed by atoms with Crippen LogP contribution in [0.25, 0.3) is 0 Å². The van der Waals surface area contributed by atoms with Gasteiger partial charge in [0.2, 0.25) is 5.95 Å². The molecule has 1 unspecified atom stereocenters. The number of piperidine rings is 1. The molecule has 0 radical (unpaired) electrons. The lowest BCUT2D eigenvalue weighted by atomic mass is 10.1. The average molecular weight is 389 g/mol. The highest BCUT2D eigenvalue weighted by molar-refractivity contribution is 5.44. The molecule has 7 nitrogen and oxygen atoms in total. The summed E-state index contributed by atoms with van der Waals surface area (Å²) in [4.78, 5) is 21.5. The van der Waals surface area contributed by atoms with Gasteiger partial charge in [0, 0.05) is 51.4 Å². The number of nitrogens with zero attached hydrogens (tertiary/aromatic N) is 6. The lowest BCUT2D eigenvalue weighted by Crippen LogP contribution is -2.43. The van der Waals surface area contributed by atoms with E-state index in [1.807, 2.05) is 25.1 Å². The fourth-order valence-electron chi connectivity index (χ4n) is 3.42. The summed E-state index contributed by atoms with van der Waals surface area (Å²) in [6.45, 7) is 1.46. The van der Waals surface area contributed by atoms with Crippen LogP contribution in [0.15, 0.2) is 18.3 Å². The molecule has 1 atom stereocenters. The maximum Gasteiger partial charge on any atom is 0.280 e. The summed E-state index contributed by atoms with van der Waals surface area (Å²) in [5, 5.41) is 3.38. The van der Waals surface area contributed by atoms with Crippen molar-refractivity contribution in [2.45, 2.75) is 44.1 Å². The Balaban J connectivity index is 1.50. The predicted octanol–water partition coefficient (Wildman–Crippen LogP) is 3.23. The number of rotatable bonds is 6. The van der Waals surface area contributed by atoms with Crippen LogP contribution in [0.3, 0.4) is 0 Å². The van der Waals surface area contributed by atoms with E-state index in [4.69, 9.17) is 0 Å². The minimum Gasteiger partial charge on any atom is -0.363 e. The van der Waals surface area contributed by atoms with Gasteiger partial charge in [0.25, 0.3) is 6.43 Å². The van der Waals surface area contributed by atoms with E-state index in [0.29, 0.717) is 24.1 Å². The normalized spacial score (nSPS) is 19.8. The van der Waals surface area contributed by atoms with Gasteiger partial charge < -0.3 is 15.1 Å². The number of hydrogen-bond acceptors (Lipinski definition) is 7. The monoisotopic (exact) mass is 389 g/mol. The van der Waals surface area contributed by atoms with Crippen molar-refractivity contribution in [3.63, 3.8) is 0 Å². The number of halogens is 2. The first-order chi connectivity index (χ1) is 13.5. The van der Waals surface area contributed by atoms with Crippen LogP contribution in [0.5, 0.6) is 0 Å². The molecule has 0 amide bonds. The van der Waals surface area contributed by atoms with Gasteiger partial charge in [0.05, 0.1) is 0 Å². The van der Waals surface area contributed by atoms with E-state index < -0.39 is 6.43 Å². The van der Waals surface area contributed by atoms with Crippen molar-refractivity contribution in [1.82, 2.24) is 19.9 Å². The molecule has 9 heteroatoms. The fraction of sp³-hybridized carbons (Fsp3) is 0.579. The number of hydrogen-bond donors (Lipinski definition) is 1. The van der Waals surface area contributed by atoms with E-state index in [2.05, 4.69) is 30.2 Å². The first kappa shape index (κ1) is 18.8. The Morgan fingerprint density at radius 1 is 1.18 bits per heavy atom. The summed E-state index contributed by atoms with van der Waals surface area (Å²) < 4.78 is 26.6. The first-order valence-electron chi connectivity index (χ1n) is 9.68. The van der Waals surface area contributed by atoms with Gasteiger partial charge in [-0.3, -0.25) is 0 Å². The van der Waals surface area contributed by atoms with Crippen molar-refractivity contribution in [2.24, 2.45) is 0 Å². The number of anilines is 3. The van der Waals surface area contributed by atoms with Crippen LogP contribution >= 0.6 is 0 Å². The zero-order valence-corrected chi connectivity index (χ0v) is 16.1. The second kappa shape index (κ2) is 7.81. The van der Waals surface area contributed by atoms with Crippen LogP contribution in [-0.2, 0) is 0 Å². The van der Waals surface area contributed by atoms with E-state index in [9.17, 15) is 8.78 Å². The second-order valence-corrected chi connectivity index (χ2v) is 7.65. The van der Waals surface area contributed by atoms with Gasteiger partial charge in [-0.25, -0.2) is 23.7 Å². The van der Waals surface area contributed by atoms with Gasteiger partial charge in [-0.15, -0.1) is 0 Å². The molecular weight excluding hydrogens is 364 g/mol. The number of aromatic nitrogens is 4. The summed E-state index contributed by atoms with van der Waals surface area (Å²) in [5.74, 6) is 2.80. The van der Waals surface area contributed by atoms with Crippen molar-refractivity contribution in [3.8, 4) is 0 Å². The molecule has 0 aromatic carbocycles. The minimum absolute atomic E-state index is 0.125. The van der Waals surface area contributed by atoms with Gasteiger partial charge in [-0.05, 0) is 31.7 Å². The van der Waals surface area contributed by atoms with E-state index in [1.165, 1.54) is 6.07 Å². The molecule has 2 aromatic rings. The number of alkyl halides is 2. The second-order valence-electron chi connectivity index (χ2n) is 7.65. The van der Waals surface area contributed by atoms with Crippen molar-refractivity contribution in [2.75, 3.05) is 42.3 Å². The lowest BCUT2D eigenvalue weighted by molar-refractivity contribution is 0.145. The summed E-state index contributed by atoms with van der Waals surface area (Å²) in [6, 6.07) is 3.41. The van der Waals surface area contributed by atoms with Crippen LogP contribution in [0.4, 0.5) is 26.4 Å². The fourth-order valence-corrected chi connectivity index (χ4v) is 3.42. The van der Waals surface area contributed by atoms with E-state index in [-0.39, 0.29) is 17.7 Å².